The molecule has 1 aromatic rings. The number of hydrogen-bond acceptors (Lipinski definition) is 3. The summed E-state index contributed by atoms with van der Waals surface area (Å²) in [6.07, 6.45) is 1.64. The Balaban J connectivity index is 2.62. The summed E-state index contributed by atoms with van der Waals surface area (Å²) in [5.74, 6) is -0.964. The summed E-state index contributed by atoms with van der Waals surface area (Å²) < 4.78 is 0. The summed E-state index contributed by atoms with van der Waals surface area (Å²) in [5.41, 5.74) is -0.213. The van der Waals surface area contributed by atoms with Crippen molar-refractivity contribution < 1.29 is 14.7 Å². The molecular formula is C13H22N4O3. The highest BCUT2D eigenvalue weighted by Gasteiger charge is 2.44. The third kappa shape index (κ3) is 3.28. The van der Waals surface area contributed by atoms with Crippen LogP contribution in [-0.4, -0.2) is 32.8 Å². The normalized spacial score (nSPS) is 12.1. The van der Waals surface area contributed by atoms with E-state index in [0.29, 0.717) is 6.54 Å². The third-order valence-corrected chi connectivity index (χ3v) is 3.90. The van der Waals surface area contributed by atoms with E-state index in [9.17, 15) is 14.7 Å². The number of aromatic amines is 1. The second-order valence-corrected chi connectivity index (χ2v) is 5.88. The van der Waals surface area contributed by atoms with E-state index >= 15 is 0 Å². The van der Waals surface area contributed by atoms with E-state index in [4.69, 9.17) is 0 Å². The molecule has 4 N–H and O–H groups in total. The van der Waals surface area contributed by atoms with Crippen molar-refractivity contribution in [3.63, 3.8) is 0 Å². The molecule has 0 aliphatic carbocycles. The van der Waals surface area contributed by atoms with Gasteiger partial charge < -0.3 is 15.7 Å². The number of urea groups is 1. The molecule has 0 aliphatic heterocycles. The van der Waals surface area contributed by atoms with Crippen molar-refractivity contribution >= 4 is 12.0 Å². The first kappa shape index (κ1) is 16.0. The molecule has 2 amide bonds. The highest BCUT2D eigenvalue weighted by atomic mass is 16.4. The maximum absolute atomic E-state index is 11.9. The highest BCUT2D eigenvalue weighted by molar-refractivity contribution is 5.79. The second kappa shape index (κ2) is 5.52. The minimum absolute atomic E-state index is 0.331. The molecule has 1 rings (SSSR count). The minimum atomic E-state index is -1.09. The molecule has 7 nitrogen and oxygen atoms in total. The zero-order chi connectivity index (χ0) is 15.6. The molecule has 0 saturated heterocycles. The van der Waals surface area contributed by atoms with Crippen LogP contribution in [0.1, 0.15) is 39.0 Å². The van der Waals surface area contributed by atoms with Gasteiger partial charge in [-0.05, 0) is 34.6 Å². The molecule has 7 heteroatoms. The molecule has 0 atom stereocenters. The number of nitrogens with zero attached hydrogens (tertiary/aromatic N) is 1. The molecule has 1 aromatic heterocycles. The average molecular weight is 282 g/mol. The van der Waals surface area contributed by atoms with Crippen LogP contribution in [0.25, 0.3) is 0 Å². The molecule has 1 heterocycles. The maximum Gasteiger partial charge on any atom is 0.315 e. The Morgan fingerprint density at radius 2 is 1.95 bits per heavy atom. The summed E-state index contributed by atoms with van der Waals surface area (Å²) >= 11 is 0. The van der Waals surface area contributed by atoms with E-state index in [0.717, 1.165) is 11.3 Å². The van der Waals surface area contributed by atoms with Crippen LogP contribution in [0, 0.1) is 12.3 Å². The number of carboxylic acid groups (broad SMARTS) is 1. The average Bonchev–Trinajstić information content (AvgIpc) is 2.71. The fraction of sp³-hybridized carbons (Fsp3) is 0.615. The van der Waals surface area contributed by atoms with Gasteiger partial charge in [0.05, 0.1) is 17.2 Å². The van der Waals surface area contributed by atoms with Gasteiger partial charge in [-0.1, -0.05) is 0 Å². The Morgan fingerprint density at radius 3 is 2.40 bits per heavy atom. The van der Waals surface area contributed by atoms with Crippen molar-refractivity contribution in [3.05, 3.63) is 17.5 Å². The van der Waals surface area contributed by atoms with Gasteiger partial charge in [-0.15, -0.1) is 0 Å². The molecule has 0 aromatic carbocycles. The van der Waals surface area contributed by atoms with Crippen molar-refractivity contribution in [2.24, 2.45) is 5.41 Å². The fourth-order valence-corrected chi connectivity index (χ4v) is 1.48. The summed E-state index contributed by atoms with van der Waals surface area (Å²) in [6.45, 7) is 8.72. The number of carboxylic acids is 1. The predicted octanol–water partition coefficient (Wildman–Crippen LogP) is 1.41. The molecule has 112 valence electrons. The lowest BCUT2D eigenvalue weighted by atomic mass is 9.74. The predicted molar refractivity (Wildman–Crippen MR) is 74.2 cm³/mol. The fourth-order valence-electron chi connectivity index (χ4n) is 1.48. The molecule has 0 radical (unpaired) electrons. The Hall–Kier alpha value is -2.05. The molecule has 0 fully saturated rings. The highest BCUT2D eigenvalue weighted by Crippen LogP contribution is 2.30. The van der Waals surface area contributed by atoms with Gasteiger partial charge in [0.2, 0.25) is 0 Å². The first-order valence-corrected chi connectivity index (χ1v) is 6.36. The zero-order valence-electron chi connectivity index (χ0n) is 12.5. The van der Waals surface area contributed by atoms with E-state index in [1.807, 2.05) is 6.92 Å². The van der Waals surface area contributed by atoms with Gasteiger partial charge in [0.25, 0.3) is 0 Å². The summed E-state index contributed by atoms with van der Waals surface area (Å²) in [5, 5.41) is 21.3. The lowest BCUT2D eigenvalue weighted by molar-refractivity contribution is -0.150. The van der Waals surface area contributed by atoms with Gasteiger partial charge in [0.1, 0.15) is 0 Å². The first-order chi connectivity index (χ1) is 9.08. The van der Waals surface area contributed by atoms with Gasteiger partial charge in [-0.2, -0.15) is 5.10 Å². The van der Waals surface area contributed by atoms with Gasteiger partial charge >= 0.3 is 12.0 Å². The molecule has 0 unspecified atom stereocenters. The lowest BCUT2D eigenvalue weighted by Gasteiger charge is -2.38. The summed E-state index contributed by atoms with van der Waals surface area (Å²) in [4.78, 5) is 23.1. The minimum Gasteiger partial charge on any atom is -0.481 e. The number of carbonyl (C=O) groups excluding carboxylic acids is 1. The number of nitrogens with one attached hydrogen (secondary N) is 3. The van der Waals surface area contributed by atoms with E-state index in [2.05, 4.69) is 20.8 Å². The Kier molecular flexibility index (Phi) is 4.42. The van der Waals surface area contributed by atoms with Crippen molar-refractivity contribution in [2.45, 2.75) is 46.7 Å². The van der Waals surface area contributed by atoms with Gasteiger partial charge in [0.15, 0.2) is 0 Å². The maximum atomic E-state index is 11.9. The quantitative estimate of drug-likeness (QED) is 0.655. The second-order valence-electron chi connectivity index (χ2n) is 5.88. The number of carbonyl (C=O) groups is 2. The Bertz CT molecular complexity index is 505. The van der Waals surface area contributed by atoms with E-state index in [1.54, 1.807) is 33.9 Å². The number of aryl methyl sites for hydroxylation is 1. The van der Waals surface area contributed by atoms with E-state index in [-0.39, 0.29) is 0 Å². The van der Waals surface area contributed by atoms with Crippen LogP contribution in [0.5, 0.6) is 0 Å². The van der Waals surface area contributed by atoms with E-state index in [1.165, 1.54) is 0 Å². The number of H-pyrrole nitrogens is 1. The Morgan fingerprint density at radius 1 is 1.35 bits per heavy atom. The van der Waals surface area contributed by atoms with Crippen LogP contribution in [0.2, 0.25) is 0 Å². The smallest absolute Gasteiger partial charge is 0.315 e. The monoisotopic (exact) mass is 282 g/mol. The van der Waals surface area contributed by atoms with Crippen LogP contribution in [0.4, 0.5) is 4.79 Å². The van der Waals surface area contributed by atoms with Crippen molar-refractivity contribution in [3.8, 4) is 0 Å². The number of aliphatic carboxylic acids is 1. The Labute approximate surface area is 118 Å². The molecule has 20 heavy (non-hydrogen) atoms. The number of aromatic nitrogens is 2. The topological polar surface area (TPSA) is 107 Å². The first-order valence-electron chi connectivity index (χ1n) is 6.36. The molecule has 0 spiro atoms. The van der Waals surface area contributed by atoms with Crippen LogP contribution in [0.3, 0.4) is 0 Å². The SMILES string of the molecule is Cc1[nH]ncc1CNC(=O)NC(C)(C)C(C)(C)C(=O)O. The molecular weight excluding hydrogens is 260 g/mol. The standard InChI is InChI=1S/C13H22N4O3/c1-8-9(7-15-17-8)6-14-11(20)16-13(4,5)12(2,3)10(18)19/h7H,6H2,1-5H3,(H,15,17)(H,18,19)(H2,14,16,20). The van der Waals surface area contributed by atoms with Crippen LogP contribution >= 0.6 is 0 Å². The largest absolute Gasteiger partial charge is 0.481 e. The number of amides is 2. The van der Waals surface area contributed by atoms with Crippen LogP contribution in [0.15, 0.2) is 6.20 Å². The molecule has 0 saturated carbocycles. The summed E-state index contributed by atoms with van der Waals surface area (Å²) in [6, 6.07) is -0.412. The van der Waals surface area contributed by atoms with Gasteiger partial charge in [0, 0.05) is 17.8 Å². The van der Waals surface area contributed by atoms with Crippen molar-refractivity contribution in [1.29, 1.82) is 0 Å². The van der Waals surface area contributed by atoms with E-state index < -0.39 is 23.0 Å². The zero-order valence-corrected chi connectivity index (χ0v) is 12.5. The number of hydrogen-bond donors (Lipinski definition) is 4. The van der Waals surface area contributed by atoms with Gasteiger partial charge in [-0.3, -0.25) is 9.89 Å². The lowest BCUT2D eigenvalue weighted by Crippen LogP contribution is -2.58. The van der Waals surface area contributed by atoms with Crippen molar-refractivity contribution in [2.75, 3.05) is 0 Å². The van der Waals surface area contributed by atoms with Crippen LogP contribution in [-0.2, 0) is 11.3 Å². The van der Waals surface area contributed by atoms with Gasteiger partial charge in [-0.25, -0.2) is 4.79 Å². The third-order valence-electron chi connectivity index (χ3n) is 3.90. The number of rotatable bonds is 5. The molecule has 0 bridgehead atoms. The van der Waals surface area contributed by atoms with Crippen LogP contribution < -0.4 is 10.6 Å². The molecule has 0 aliphatic rings. The summed E-state index contributed by atoms with van der Waals surface area (Å²) in [7, 11) is 0. The van der Waals surface area contributed by atoms with Crippen molar-refractivity contribution in [1.82, 2.24) is 20.8 Å².